The van der Waals surface area contributed by atoms with Gasteiger partial charge >= 0.3 is 0 Å². The standard InChI is InChI=1S/C53H30N4/c54-30-34-31-55-25-24-36(34)32-13-11-14-35(26-32)56-48-22-9-10-23-49(48)57-50-29-41-40-18-5-8-21-46(40)53(44-19-6-3-16-38(44)39-17-4-7-20-45(39)53)47(41)28-42(50)43-27-33-12-1-2-15-37(33)51(56)52(43)57/h1-29,31H. The number of nitriles is 1. The van der Waals surface area contributed by atoms with Crippen molar-refractivity contribution in [3.63, 3.8) is 0 Å². The van der Waals surface area contributed by atoms with Gasteiger partial charge in [-0.3, -0.25) is 4.98 Å². The molecule has 0 atom stereocenters. The first kappa shape index (κ1) is 30.6. The second-order valence-corrected chi connectivity index (χ2v) is 15.4. The predicted octanol–water partition coefficient (Wildman–Crippen LogP) is 13.0. The Bertz CT molecular complexity index is 3410. The number of benzene rings is 8. The molecule has 0 saturated heterocycles. The molecule has 262 valence electrons. The van der Waals surface area contributed by atoms with Crippen LogP contribution in [0.1, 0.15) is 27.8 Å². The number of rotatable bonds is 2. The molecule has 3 heterocycles. The number of para-hydroxylation sites is 2. The van der Waals surface area contributed by atoms with E-state index in [0.29, 0.717) is 5.56 Å². The quantitative estimate of drug-likeness (QED) is 0.178. The Morgan fingerprint density at radius 3 is 1.93 bits per heavy atom. The van der Waals surface area contributed by atoms with Crippen LogP contribution in [0.4, 0.5) is 17.1 Å². The summed E-state index contributed by atoms with van der Waals surface area (Å²) in [6.07, 6.45) is 3.40. The van der Waals surface area contributed by atoms with Gasteiger partial charge in [-0.25, -0.2) is 0 Å². The van der Waals surface area contributed by atoms with E-state index in [-0.39, 0.29) is 0 Å². The molecule has 10 aromatic rings. The van der Waals surface area contributed by atoms with Gasteiger partial charge < -0.3 is 9.47 Å². The third-order valence-electron chi connectivity index (χ3n) is 12.8. The average Bonchev–Trinajstić information content (AvgIpc) is 3.87. The maximum absolute atomic E-state index is 10.0. The predicted molar refractivity (Wildman–Crippen MR) is 231 cm³/mol. The van der Waals surface area contributed by atoms with Gasteiger partial charge in [0, 0.05) is 39.8 Å². The number of fused-ring (bicyclic) bond motifs is 17. The molecule has 4 heteroatoms. The van der Waals surface area contributed by atoms with Crippen LogP contribution in [0.2, 0.25) is 0 Å². The maximum atomic E-state index is 10.0. The largest absolute Gasteiger partial charge is 0.306 e. The first-order valence-electron chi connectivity index (χ1n) is 19.4. The van der Waals surface area contributed by atoms with Crippen molar-refractivity contribution in [2.24, 2.45) is 0 Å². The van der Waals surface area contributed by atoms with Gasteiger partial charge in [-0.2, -0.15) is 5.26 Å². The van der Waals surface area contributed by atoms with Gasteiger partial charge in [-0.05, 0) is 104 Å². The van der Waals surface area contributed by atoms with Gasteiger partial charge in [0.15, 0.2) is 0 Å². The fourth-order valence-electron chi connectivity index (χ4n) is 10.7. The minimum absolute atomic E-state index is 0.429. The lowest BCUT2D eigenvalue weighted by atomic mass is 9.70. The highest BCUT2D eigenvalue weighted by atomic mass is 15.2. The molecule has 1 aliphatic heterocycles. The van der Waals surface area contributed by atoms with Crippen molar-refractivity contribution < 1.29 is 0 Å². The molecule has 0 saturated carbocycles. The van der Waals surface area contributed by atoms with E-state index < -0.39 is 5.41 Å². The molecule has 0 radical (unpaired) electrons. The third-order valence-corrected chi connectivity index (χ3v) is 12.8. The Balaban J connectivity index is 1.17. The van der Waals surface area contributed by atoms with Crippen LogP contribution in [-0.2, 0) is 5.41 Å². The van der Waals surface area contributed by atoms with E-state index in [1.165, 1.54) is 77.1 Å². The van der Waals surface area contributed by atoms with Crippen molar-refractivity contribution in [2.45, 2.75) is 5.41 Å². The van der Waals surface area contributed by atoms with Crippen molar-refractivity contribution >= 4 is 49.6 Å². The smallest absolute Gasteiger partial charge is 0.101 e. The van der Waals surface area contributed by atoms with Gasteiger partial charge in [0.05, 0.1) is 39.1 Å². The van der Waals surface area contributed by atoms with Crippen LogP contribution in [0.5, 0.6) is 0 Å². The zero-order valence-corrected chi connectivity index (χ0v) is 30.6. The zero-order chi connectivity index (χ0) is 37.4. The van der Waals surface area contributed by atoms with E-state index in [1.807, 2.05) is 6.07 Å². The number of aromatic nitrogens is 2. The highest BCUT2D eigenvalue weighted by Crippen LogP contribution is 2.64. The number of pyridine rings is 1. The molecule has 2 aliphatic carbocycles. The van der Waals surface area contributed by atoms with Gasteiger partial charge in [0.2, 0.25) is 0 Å². The van der Waals surface area contributed by atoms with Crippen LogP contribution in [0.15, 0.2) is 182 Å². The molecule has 0 N–H and O–H groups in total. The molecule has 4 nitrogen and oxygen atoms in total. The number of anilines is 3. The van der Waals surface area contributed by atoms with Gasteiger partial charge in [0.1, 0.15) is 6.07 Å². The molecule has 0 unspecified atom stereocenters. The molecule has 13 rings (SSSR count). The molecule has 0 fully saturated rings. The van der Waals surface area contributed by atoms with Crippen LogP contribution in [-0.4, -0.2) is 9.55 Å². The SMILES string of the molecule is N#Cc1cnccc1-c1cccc(N2c3ccccc3-n3c4cc5c(cc4c4cc6ccccc6c2c43)C2(c3ccccc3-c3ccccc32)c2ccccc2-5)c1. The minimum atomic E-state index is -0.429. The monoisotopic (exact) mass is 722 g/mol. The molecule has 0 bridgehead atoms. The number of nitrogens with zero attached hydrogens (tertiary/aromatic N) is 4. The summed E-state index contributed by atoms with van der Waals surface area (Å²) in [6, 6.07) is 65.0. The molecule has 1 spiro atoms. The van der Waals surface area contributed by atoms with Crippen LogP contribution in [0.25, 0.3) is 71.6 Å². The summed E-state index contributed by atoms with van der Waals surface area (Å²) >= 11 is 0. The summed E-state index contributed by atoms with van der Waals surface area (Å²) in [6.45, 7) is 0. The lowest BCUT2D eigenvalue weighted by Gasteiger charge is -2.34. The first-order valence-corrected chi connectivity index (χ1v) is 19.4. The fraction of sp³-hybridized carbons (Fsp3) is 0.0189. The zero-order valence-electron chi connectivity index (χ0n) is 30.6. The summed E-state index contributed by atoms with van der Waals surface area (Å²) in [4.78, 5) is 6.67. The second kappa shape index (κ2) is 10.9. The summed E-state index contributed by atoms with van der Waals surface area (Å²) in [5, 5.41) is 14.8. The minimum Gasteiger partial charge on any atom is -0.306 e. The van der Waals surface area contributed by atoms with Gasteiger partial charge in [0.25, 0.3) is 0 Å². The first-order chi connectivity index (χ1) is 28.3. The van der Waals surface area contributed by atoms with Gasteiger partial charge in [-0.1, -0.05) is 121 Å². The summed E-state index contributed by atoms with van der Waals surface area (Å²) in [5.74, 6) is 0. The number of hydrogen-bond donors (Lipinski definition) is 0. The average molecular weight is 723 g/mol. The third kappa shape index (κ3) is 3.74. The lowest BCUT2D eigenvalue weighted by Crippen LogP contribution is -2.25. The molecule has 57 heavy (non-hydrogen) atoms. The van der Waals surface area contributed by atoms with E-state index >= 15 is 0 Å². The molecular formula is C53H30N4. The van der Waals surface area contributed by atoms with E-state index in [4.69, 9.17) is 0 Å². The topological polar surface area (TPSA) is 44.9 Å². The Kier molecular flexibility index (Phi) is 5.87. The molecule has 8 aromatic carbocycles. The van der Waals surface area contributed by atoms with Crippen molar-refractivity contribution in [1.82, 2.24) is 9.55 Å². The van der Waals surface area contributed by atoms with E-state index in [2.05, 4.69) is 184 Å². The second-order valence-electron chi connectivity index (χ2n) is 15.4. The van der Waals surface area contributed by atoms with Crippen molar-refractivity contribution in [1.29, 1.82) is 5.26 Å². The number of hydrogen-bond acceptors (Lipinski definition) is 3. The van der Waals surface area contributed by atoms with E-state index in [9.17, 15) is 5.26 Å². The molecule has 0 amide bonds. The highest BCUT2D eigenvalue weighted by molar-refractivity contribution is 6.24. The molecule has 2 aromatic heterocycles. The molecule has 3 aliphatic rings. The van der Waals surface area contributed by atoms with E-state index in [1.54, 1.807) is 12.4 Å². The summed E-state index contributed by atoms with van der Waals surface area (Å²) in [5.41, 5.74) is 19.3. The lowest BCUT2D eigenvalue weighted by molar-refractivity contribution is 0.795. The van der Waals surface area contributed by atoms with Crippen LogP contribution in [0, 0.1) is 11.3 Å². The van der Waals surface area contributed by atoms with E-state index in [0.717, 1.165) is 33.9 Å². The van der Waals surface area contributed by atoms with Gasteiger partial charge in [-0.15, -0.1) is 0 Å². The van der Waals surface area contributed by atoms with Crippen LogP contribution < -0.4 is 4.90 Å². The maximum Gasteiger partial charge on any atom is 0.101 e. The fourth-order valence-corrected chi connectivity index (χ4v) is 10.7. The Labute approximate surface area is 328 Å². The summed E-state index contributed by atoms with van der Waals surface area (Å²) in [7, 11) is 0. The summed E-state index contributed by atoms with van der Waals surface area (Å²) < 4.78 is 2.52. The Hall–Kier alpha value is -7.74. The highest BCUT2D eigenvalue weighted by Gasteiger charge is 2.52. The normalized spacial score (nSPS) is 13.7. The van der Waals surface area contributed by atoms with Crippen LogP contribution in [0.3, 0.4) is 0 Å². The van der Waals surface area contributed by atoms with Crippen LogP contribution >= 0.6 is 0 Å². The Morgan fingerprint density at radius 1 is 0.509 bits per heavy atom. The van der Waals surface area contributed by atoms with Crippen molar-refractivity contribution in [3.8, 4) is 45.1 Å². The van der Waals surface area contributed by atoms with Crippen molar-refractivity contribution in [2.75, 3.05) is 4.90 Å². The Morgan fingerprint density at radius 2 is 1.18 bits per heavy atom. The molecular weight excluding hydrogens is 693 g/mol. The van der Waals surface area contributed by atoms with Crippen molar-refractivity contribution in [3.05, 3.63) is 210 Å².